The molecule has 3 aromatic carbocycles. The SMILES string of the molecule is CC(C)(C)OC(=O)N(C(=O)OC(C)(C)C)c1c(F)cc(F)cc1CC(=O)c1cc(NC(=O)[C@H]2[C@H](c3cc(Cl)c(Cl)c(Cl)c3)C2(Cl)Cl)ccc1Cl. The van der Waals surface area contributed by atoms with Crippen molar-refractivity contribution in [2.24, 2.45) is 5.92 Å². The van der Waals surface area contributed by atoms with Crippen LogP contribution in [0.5, 0.6) is 0 Å². The van der Waals surface area contributed by atoms with Gasteiger partial charge in [0.25, 0.3) is 0 Å². The number of benzene rings is 3. The minimum atomic E-state index is -1.53. The van der Waals surface area contributed by atoms with Crippen molar-refractivity contribution in [1.82, 2.24) is 0 Å². The van der Waals surface area contributed by atoms with Crippen molar-refractivity contribution in [2.75, 3.05) is 10.2 Å². The van der Waals surface area contributed by atoms with Crippen LogP contribution in [0.2, 0.25) is 20.1 Å². The van der Waals surface area contributed by atoms with E-state index in [1.165, 1.54) is 71.9 Å². The topological polar surface area (TPSA) is 102 Å². The molecule has 1 fully saturated rings. The maximum atomic E-state index is 15.5. The number of nitrogens with one attached hydrogen (secondary N) is 1. The van der Waals surface area contributed by atoms with Crippen LogP contribution in [-0.2, 0) is 20.7 Å². The van der Waals surface area contributed by atoms with Crippen LogP contribution in [0.4, 0.5) is 29.7 Å². The third-order valence-corrected chi connectivity index (χ3v) is 9.54. The quantitative estimate of drug-likeness (QED) is 0.145. The molecular weight excluding hydrogens is 783 g/mol. The average molecular weight is 813 g/mol. The van der Waals surface area contributed by atoms with Crippen molar-refractivity contribution in [3.8, 4) is 0 Å². The van der Waals surface area contributed by atoms with Crippen molar-refractivity contribution in [3.63, 3.8) is 0 Å². The Morgan fingerprint density at radius 3 is 1.88 bits per heavy atom. The Bertz CT molecular complexity index is 1840. The second kappa shape index (κ2) is 14.6. The third kappa shape index (κ3) is 9.13. The van der Waals surface area contributed by atoms with E-state index in [9.17, 15) is 23.6 Å². The second-order valence-electron chi connectivity index (χ2n) is 13.4. The molecule has 0 radical (unpaired) electrons. The molecule has 0 bridgehead atoms. The number of amides is 3. The van der Waals surface area contributed by atoms with Crippen molar-refractivity contribution in [3.05, 3.63) is 90.9 Å². The fourth-order valence-corrected chi connectivity index (χ4v) is 6.67. The molecule has 4 rings (SSSR count). The van der Waals surface area contributed by atoms with Gasteiger partial charge in [0, 0.05) is 29.7 Å². The van der Waals surface area contributed by atoms with Crippen LogP contribution < -0.4 is 10.2 Å². The summed E-state index contributed by atoms with van der Waals surface area (Å²) in [5, 5.41) is 3.00. The van der Waals surface area contributed by atoms with Crippen molar-refractivity contribution in [2.45, 2.75) is 69.4 Å². The second-order valence-corrected chi connectivity index (χ2v) is 16.4. The summed E-state index contributed by atoms with van der Waals surface area (Å²) in [5.41, 5.74) is -3.00. The van der Waals surface area contributed by atoms with Gasteiger partial charge in [-0.25, -0.2) is 18.4 Å². The Labute approximate surface area is 317 Å². The fraction of sp³-hybridized carbons (Fsp3) is 0.353. The molecule has 3 amide bonds. The number of Topliss-reactive ketones (excluding diaryl/α,β-unsaturated/α-hetero) is 1. The van der Waals surface area contributed by atoms with Gasteiger partial charge in [0.05, 0.1) is 31.7 Å². The molecule has 0 spiro atoms. The molecule has 268 valence electrons. The molecule has 0 aromatic heterocycles. The Balaban J connectivity index is 1.65. The largest absolute Gasteiger partial charge is 0.443 e. The molecular formula is C34H30Cl6F2N2O6. The van der Waals surface area contributed by atoms with Gasteiger partial charge >= 0.3 is 12.2 Å². The first-order chi connectivity index (χ1) is 22.9. The van der Waals surface area contributed by atoms with Gasteiger partial charge in [0.1, 0.15) is 21.4 Å². The number of ketones is 1. The van der Waals surface area contributed by atoms with Crippen LogP contribution in [0.3, 0.4) is 0 Å². The van der Waals surface area contributed by atoms with Crippen molar-refractivity contribution in [1.29, 1.82) is 0 Å². The molecule has 0 unspecified atom stereocenters. The molecule has 0 aliphatic heterocycles. The molecule has 1 saturated carbocycles. The fourth-order valence-electron chi connectivity index (χ4n) is 5.00. The summed E-state index contributed by atoms with van der Waals surface area (Å²) < 4.78 is 39.2. The van der Waals surface area contributed by atoms with Gasteiger partial charge in [-0.15, -0.1) is 23.2 Å². The number of hydrogen-bond donors (Lipinski definition) is 1. The lowest BCUT2D eigenvalue weighted by Gasteiger charge is -2.29. The predicted molar refractivity (Wildman–Crippen MR) is 192 cm³/mol. The number of alkyl halides is 2. The van der Waals surface area contributed by atoms with E-state index in [4.69, 9.17) is 79.1 Å². The number of halogens is 8. The van der Waals surface area contributed by atoms with Gasteiger partial charge in [0.15, 0.2) is 11.6 Å². The van der Waals surface area contributed by atoms with Crippen LogP contribution in [0.1, 0.15) is 68.9 Å². The number of rotatable bonds is 7. The summed E-state index contributed by atoms with van der Waals surface area (Å²) in [4.78, 5) is 53.8. The Hall–Kier alpha value is -2.86. The smallest absolute Gasteiger partial charge is 0.424 e. The van der Waals surface area contributed by atoms with E-state index in [-0.39, 0.29) is 36.2 Å². The lowest BCUT2D eigenvalue weighted by Crippen LogP contribution is -2.44. The lowest BCUT2D eigenvalue weighted by atomic mass is 10.00. The normalized spacial score (nSPS) is 16.8. The van der Waals surface area contributed by atoms with E-state index in [1.54, 1.807) is 0 Å². The molecule has 50 heavy (non-hydrogen) atoms. The minimum absolute atomic E-state index is 0.0682. The number of nitrogens with zero attached hydrogens (tertiary/aromatic N) is 1. The van der Waals surface area contributed by atoms with Gasteiger partial charge in [0.2, 0.25) is 5.91 Å². The highest BCUT2D eigenvalue weighted by Gasteiger charge is 2.67. The van der Waals surface area contributed by atoms with Crippen molar-refractivity contribution < 1.29 is 37.4 Å². The summed E-state index contributed by atoms with van der Waals surface area (Å²) in [6.07, 6.45) is -3.41. The highest BCUT2D eigenvalue weighted by molar-refractivity contribution is 6.54. The van der Waals surface area contributed by atoms with Crippen molar-refractivity contribution >= 4 is 105 Å². The van der Waals surface area contributed by atoms with Gasteiger partial charge in [-0.3, -0.25) is 9.59 Å². The summed E-state index contributed by atoms with van der Waals surface area (Å²) in [6.45, 7) is 9.11. The number of carbonyl (C=O) groups excluding carboxylic acids is 4. The van der Waals surface area contributed by atoms with E-state index < -0.39 is 80.6 Å². The molecule has 0 saturated heterocycles. The zero-order valence-electron chi connectivity index (χ0n) is 27.3. The zero-order chi connectivity index (χ0) is 37.7. The van der Waals surface area contributed by atoms with Crippen LogP contribution in [0.15, 0.2) is 42.5 Å². The Morgan fingerprint density at radius 1 is 0.820 bits per heavy atom. The summed E-state index contributed by atoms with van der Waals surface area (Å²) in [5.74, 6) is -5.50. The van der Waals surface area contributed by atoms with Gasteiger partial charge in [-0.1, -0.05) is 46.4 Å². The molecule has 2 atom stereocenters. The maximum Gasteiger partial charge on any atom is 0.424 e. The molecule has 1 N–H and O–H groups in total. The molecule has 8 nitrogen and oxygen atoms in total. The number of imide groups is 1. The summed E-state index contributed by atoms with van der Waals surface area (Å²) in [6, 6.07) is 8.22. The van der Waals surface area contributed by atoms with Crippen LogP contribution in [0.25, 0.3) is 0 Å². The van der Waals surface area contributed by atoms with Crippen LogP contribution in [-0.4, -0.2) is 39.4 Å². The Kier molecular flexibility index (Phi) is 11.7. The number of hydrogen-bond acceptors (Lipinski definition) is 6. The summed E-state index contributed by atoms with van der Waals surface area (Å²) in [7, 11) is 0. The Morgan fingerprint density at radius 2 is 1.36 bits per heavy atom. The standard InChI is InChI=1S/C34H30Cl6F2N2O6/c1-32(2,3)49-30(47)44(31(48)50-33(4,5)6)28-16(9-17(41)13-23(28)42)12-24(45)19-14-18(7-8-20(19)35)43-29(46)26-25(34(26,39)40)15-10-21(36)27(38)22(37)11-15/h7-11,13-14,25-26H,12H2,1-6H3,(H,43,46)/t25-,26+/m0/s1. The highest BCUT2D eigenvalue weighted by atomic mass is 35.5. The first-order valence-corrected chi connectivity index (χ1v) is 17.1. The monoisotopic (exact) mass is 810 g/mol. The molecule has 0 heterocycles. The minimum Gasteiger partial charge on any atom is -0.443 e. The molecule has 16 heteroatoms. The lowest BCUT2D eigenvalue weighted by molar-refractivity contribution is -0.117. The molecule has 1 aliphatic rings. The van der Waals surface area contributed by atoms with Gasteiger partial charge in [-0.2, -0.15) is 4.90 Å². The van der Waals surface area contributed by atoms with Gasteiger partial charge in [-0.05, 0) is 89.1 Å². The van der Waals surface area contributed by atoms with E-state index in [1.807, 2.05) is 0 Å². The first kappa shape index (κ1) is 39.9. The van der Waals surface area contributed by atoms with E-state index in [2.05, 4.69) is 5.32 Å². The highest BCUT2D eigenvalue weighted by Crippen LogP contribution is 2.65. The summed E-state index contributed by atoms with van der Waals surface area (Å²) >= 11 is 37.6. The zero-order valence-corrected chi connectivity index (χ0v) is 31.9. The number of anilines is 2. The average Bonchev–Trinajstić information content (AvgIpc) is 3.53. The van der Waals surface area contributed by atoms with Crippen LogP contribution >= 0.6 is 69.6 Å². The number of ether oxygens (including phenoxy) is 2. The third-order valence-electron chi connectivity index (χ3n) is 7.07. The van der Waals surface area contributed by atoms with Gasteiger partial charge < -0.3 is 14.8 Å². The predicted octanol–water partition coefficient (Wildman–Crippen LogP) is 11.2. The first-order valence-electron chi connectivity index (χ1n) is 14.8. The van der Waals surface area contributed by atoms with E-state index in [0.29, 0.717) is 11.6 Å². The molecule has 1 aliphatic carbocycles. The van der Waals surface area contributed by atoms with E-state index in [0.717, 1.165) is 6.07 Å². The maximum absolute atomic E-state index is 15.5. The molecule has 3 aromatic rings. The van der Waals surface area contributed by atoms with E-state index >= 15 is 4.39 Å². The van der Waals surface area contributed by atoms with Crippen LogP contribution in [0, 0.1) is 17.6 Å². The number of carbonyl (C=O) groups is 4.